The van der Waals surface area contributed by atoms with Crippen LogP contribution < -0.4 is 5.69 Å². The average Bonchev–Trinajstić information content (AvgIpc) is 3.28. The van der Waals surface area contributed by atoms with E-state index in [1.807, 2.05) is 48.5 Å². The zero-order valence-electron chi connectivity index (χ0n) is 14.9. The van der Waals surface area contributed by atoms with Crippen LogP contribution in [-0.2, 0) is 13.1 Å². The molecule has 0 N–H and O–H groups in total. The fourth-order valence-electron chi connectivity index (χ4n) is 3.74. The summed E-state index contributed by atoms with van der Waals surface area (Å²) >= 11 is 0. The first kappa shape index (κ1) is 9.64. The van der Waals surface area contributed by atoms with Crippen LogP contribution in [0.5, 0.6) is 0 Å². The summed E-state index contributed by atoms with van der Waals surface area (Å²) in [6.07, 6.45) is 0. The molecule has 1 saturated heterocycles. The maximum absolute atomic E-state index is 13.0. The summed E-state index contributed by atoms with van der Waals surface area (Å²) in [5.74, 6) is 0. The van der Waals surface area contributed by atoms with E-state index in [4.69, 9.17) is 4.11 Å². The number of likely N-dealkylation sites (N-methyl/N-ethyl adjacent to an activating group) is 1. The third-order valence-electron chi connectivity index (χ3n) is 4.87. The van der Waals surface area contributed by atoms with Gasteiger partial charge in [-0.3, -0.25) is 14.0 Å². The topological polar surface area (TPSA) is 29.9 Å². The highest BCUT2D eigenvalue weighted by Gasteiger charge is 2.50. The fraction of sp³-hybridized carbons (Fsp3) is 0.278. The van der Waals surface area contributed by atoms with Gasteiger partial charge in [0.25, 0.3) is 0 Å². The molecular weight excluding hydrogens is 275 g/mol. The normalized spacial score (nSPS) is 27.8. The number of rotatable bonds is 2. The smallest absolute Gasteiger partial charge is 0.291 e. The van der Waals surface area contributed by atoms with Crippen LogP contribution in [0.3, 0.4) is 0 Å². The molecule has 0 aliphatic carbocycles. The molecule has 1 unspecified atom stereocenters. The van der Waals surface area contributed by atoms with Crippen molar-refractivity contribution >= 4 is 11.0 Å². The van der Waals surface area contributed by atoms with E-state index in [0.29, 0.717) is 13.1 Å². The summed E-state index contributed by atoms with van der Waals surface area (Å²) in [5.41, 5.74) is 3.72. The SMILES string of the molecule is [2H][13C]([2H])([2H])N1[C@@H]2c3cccc4c3n(c(=O)n4Cc3ccccc3)C[C@@H]21. The van der Waals surface area contributed by atoms with Gasteiger partial charge in [0.05, 0.1) is 23.6 Å². The van der Waals surface area contributed by atoms with Gasteiger partial charge in [0.15, 0.2) is 0 Å². The van der Waals surface area contributed by atoms with Gasteiger partial charge in [0, 0.05) is 16.7 Å². The Bertz CT molecular complexity index is 1040. The zero-order valence-corrected chi connectivity index (χ0v) is 11.9. The van der Waals surface area contributed by atoms with Gasteiger partial charge in [-0.15, -0.1) is 0 Å². The third kappa shape index (κ3) is 1.48. The molecule has 0 amide bonds. The number of hydrogen-bond acceptors (Lipinski definition) is 2. The van der Waals surface area contributed by atoms with Crippen molar-refractivity contribution in [2.45, 2.75) is 25.2 Å². The number of fused-ring (bicyclic) bond motifs is 2. The molecule has 4 heteroatoms. The molecule has 5 rings (SSSR count). The van der Waals surface area contributed by atoms with Crippen LogP contribution in [0.25, 0.3) is 11.0 Å². The molecule has 0 radical (unpaired) electrons. The molecule has 1 fully saturated rings. The lowest BCUT2D eigenvalue weighted by Gasteiger charge is -2.10. The van der Waals surface area contributed by atoms with E-state index in [1.165, 1.54) is 4.90 Å². The minimum atomic E-state index is -2.12. The van der Waals surface area contributed by atoms with E-state index < -0.39 is 6.98 Å². The molecule has 110 valence electrons. The van der Waals surface area contributed by atoms with Gasteiger partial charge < -0.3 is 0 Å². The van der Waals surface area contributed by atoms with E-state index >= 15 is 0 Å². The summed E-state index contributed by atoms with van der Waals surface area (Å²) in [4.78, 5) is 14.5. The van der Waals surface area contributed by atoms with Crippen LogP contribution in [0.4, 0.5) is 0 Å². The number of para-hydroxylation sites is 1. The Labute approximate surface area is 132 Å². The first-order valence-electron chi connectivity index (χ1n) is 9.01. The van der Waals surface area contributed by atoms with Crippen LogP contribution in [0.15, 0.2) is 53.3 Å². The summed E-state index contributed by atoms with van der Waals surface area (Å²) in [6.45, 7) is -1.16. The van der Waals surface area contributed by atoms with Crippen LogP contribution in [-0.4, -0.2) is 27.1 Å². The van der Waals surface area contributed by atoms with E-state index in [1.54, 1.807) is 9.13 Å². The van der Waals surface area contributed by atoms with Crippen molar-refractivity contribution in [2.24, 2.45) is 0 Å². The van der Waals surface area contributed by atoms with Crippen molar-refractivity contribution in [1.82, 2.24) is 14.0 Å². The molecule has 3 heterocycles. The quantitative estimate of drug-likeness (QED) is 0.536. The lowest BCUT2D eigenvalue weighted by atomic mass is 10.0. The fourth-order valence-corrected chi connectivity index (χ4v) is 3.74. The summed E-state index contributed by atoms with van der Waals surface area (Å²) in [5, 5.41) is 0. The number of imidazole rings is 1. The molecule has 2 aliphatic heterocycles. The third-order valence-corrected chi connectivity index (χ3v) is 4.87. The number of nitrogens with zero attached hydrogens (tertiary/aromatic N) is 3. The second-order valence-corrected chi connectivity index (χ2v) is 6.10. The molecule has 0 saturated carbocycles. The second-order valence-electron chi connectivity index (χ2n) is 6.10. The van der Waals surface area contributed by atoms with Gasteiger partial charge in [-0.1, -0.05) is 42.5 Å². The van der Waals surface area contributed by atoms with Gasteiger partial charge >= 0.3 is 5.69 Å². The molecular formula is C18H17N3O. The highest BCUT2D eigenvalue weighted by molar-refractivity contribution is 5.82. The minimum absolute atomic E-state index is 0.0675. The van der Waals surface area contributed by atoms with Crippen LogP contribution in [0, 0.1) is 0 Å². The lowest BCUT2D eigenvalue weighted by Crippen LogP contribution is -2.27. The first-order chi connectivity index (χ1) is 12.0. The molecule has 0 spiro atoms. The van der Waals surface area contributed by atoms with Crippen molar-refractivity contribution in [3.05, 3.63) is 70.1 Å². The van der Waals surface area contributed by atoms with Crippen LogP contribution in [0.2, 0.25) is 0 Å². The maximum atomic E-state index is 13.0. The Morgan fingerprint density at radius 1 is 1.18 bits per heavy atom. The standard InChI is InChI=1S/C18H17N3O/c1-19-15-11-21-17-13(16(15)19)8-5-9-14(17)20(18(21)22)10-12-6-3-2-4-7-12/h2-9,15-16H,10-11H2,1H3/t15-,16+,19?/m0/s1/i1+1D3. The van der Waals surface area contributed by atoms with E-state index in [-0.39, 0.29) is 17.8 Å². The highest BCUT2D eigenvalue weighted by Crippen LogP contribution is 2.47. The second kappa shape index (κ2) is 4.11. The van der Waals surface area contributed by atoms with Crippen molar-refractivity contribution < 1.29 is 4.11 Å². The van der Waals surface area contributed by atoms with E-state index in [9.17, 15) is 4.79 Å². The zero-order chi connectivity index (χ0) is 17.3. The monoisotopic (exact) mass is 295 g/mol. The molecule has 22 heavy (non-hydrogen) atoms. The Balaban J connectivity index is 1.66. The van der Waals surface area contributed by atoms with Gasteiger partial charge in [0.1, 0.15) is 0 Å². The molecule has 3 aromatic rings. The van der Waals surface area contributed by atoms with Crippen molar-refractivity contribution in [3.8, 4) is 0 Å². The Morgan fingerprint density at radius 3 is 2.86 bits per heavy atom. The van der Waals surface area contributed by atoms with Crippen molar-refractivity contribution in [2.75, 3.05) is 6.98 Å². The number of benzene rings is 2. The summed E-state index contributed by atoms with van der Waals surface area (Å²) < 4.78 is 26.7. The Kier molecular flexibility index (Phi) is 1.80. The largest absolute Gasteiger partial charge is 0.329 e. The lowest BCUT2D eigenvalue weighted by molar-refractivity contribution is 0.542. The summed E-state index contributed by atoms with van der Waals surface area (Å²) in [6, 6.07) is 15.5. The van der Waals surface area contributed by atoms with Crippen LogP contribution in [0.1, 0.15) is 21.3 Å². The van der Waals surface area contributed by atoms with Gasteiger partial charge in [-0.2, -0.15) is 0 Å². The van der Waals surface area contributed by atoms with Gasteiger partial charge in [-0.05, 0) is 24.2 Å². The van der Waals surface area contributed by atoms with Crippen molar-refractivity contribution in [1.29, 1.82) is 0 Å². The minimum Gasteiger partial charge on any atom is -0.291 e. The highest BCUT2D eigenvalue weighted by atomic mass is 16.1. The van der Waals surface area contributed by atoms with Crippen LogP contribution >= 0.6 is 0 Å². The predicted octanol–water partition coefficient (Wildman–Crippen LogP) is 2.22. The summed E-state index contributed by atoms with van der Waals surface area (Å²) in [7, 11) is 0. The van der Waals surface area contributed by atoms with E-state index in [2.05, 4.69) is 0 Å². The Morgan fingerprint density at radius 2 is 2.05 bits per heavy atom. The van der Waals surface area contributed by atoms with Gasteiger partial charge in [-0.25, -0.2) is 4.79 Å². The molecule has 1 aromatic heterocycles. The molecule has 2 aromatic carbocycles. The van der Waals surface area contributed by atoms with Gasteiger partial charge in [0.2, 0.25) is 0 Å². The van der Waals surface area contributed by atoms with E-state index in [0.717, 1.165) is 22.2 Å². The number of hydrogen-bond donors (Lipinski definition) is 0. The number of aromatic nitrogens is 2. The van der Waals surface area contributed by atoms with Crippen molar-refractivity contribution in [3.63, 3.8) is 0 Å². The molecule has 0 bridgehead atoms. The average molecular weight is 295 g/mol. The molecule has 2 aliphatic rings. The first-order valence-corrected chi connectivity index (χ1v) is 7.51. The molecule has 4 nitrogen and oxygen atoms in total. The maximum Gasteiger partial charge on any atom is 0.329 e. The Hall–Kier alpha value is -2.33. The molecule has 3 atom stereocenters. The predicted molar refractivity (Wildman–Crippen MR) is 86.0 cm³/mol.